The van der Waals surface area contributed by atoms with Crippen molar-refractivity contribution >= 4 is 21.8 Å². The molecule has 20 heavy (non-hydrogen) atoms. The van der Waals surface area contributed by atoms with Crippen molar-refractivity contribution in [2.75, 3.05) is 13.1 Å². The highest BCUT2D eigenvalue weighted by Gasteiger charge is 2.33. The SMILES string of the molecule is CC1(C(=N)N)CCN(Cc2c(F)ccc(Br)c2F)CC1. The molecule has 0 radical (unpaired) electrons. The average molecular weight is 346 g/mol. The van der Waals surface area contributed by atoms with Gasteiger partial charge in [0.05, 0.1) is 10.3 Å². The largest absolute Gasteiger partial charge is 0.387 e. The molecule has 1 heterocycles. The van der Waals surface area contributed by atoms with Crippen LogP contribution in [0.3, 0.4) is 0 Å². The minimum Gasteiger partial charge on any atom is -0.387 e. The van der Waals surface area contributed by atoms with Crippen LogP contribution in [0.25, 0.3) is 0 Å². The van der Waals surface area contributed by atoms with E-state index in [9.17, 15) is 8.78 Å². The van der Waals surface area contributed by atoms with E-state index in [2.05, 4.69) is 15.9 Å². The van der Waals surface area contributed by atoms with E-state index < -0.39 is 11.6 Å². The molecule has 1 fully saturated rings. The van der Waals surface area contributed by atoms with Crippen LogP contribution in [0.1, 0.15) is 25.3 Å². The molecule has 3 nitrogen and oxygen atoms in total. The molecule has 0 saturated carbocycles. The molecule has 1 aromatic rings. The van der Waals surface area contributed by atoms with Crippen molar-refractivity contribution in [3.63, 3.8) is 0 Å². The zero-order chi connectivity index (χ0) is 14.9. The summed E-state index contributed by atoms with van der Waals surface area (Å²) in [5.41, 5.74) is 5.41. The van der Waals surface area contributed by atoms with E-state index in [1.54, 1.807) is 0 Å². The van der Waals surface area contributed by atoms with Gasteiger partial charge in [0, 0.05) is 17.5 Å². The highest BCUT2D eigenvalue weighted by molar-refractivity contribution is 9.10. The summed E-state index contributed by atoms with van der Waals surface area (Å²) < 4.78 is 27.9. The second-order valence-electron chi connectivity index (χ2n) is 5.57. The molecule has 1 aromatic carbocycles. The maximum atomic E-state index is 13.9. The van der Waals surface area contributed by atoms with Crippen LogP contribution in [-0.4, -0.2) is 23.8 Å². The van der Waals surface area contributed by atoms with E-state index in [4.69, 9.17) is 11.1 Å². The summed E-state index contributed by atoms with van der Waals surface area (Å²) in [7, 11) is 0. The Balaban J connectivity index is 2.07. The Labute approximate surface area is 125 Å². The van der Waals surface area contributed by atoms with Gasteiger partial charge >= 0.3 is 0 Å². The first-order valence-electron chi connectivity index (χ1n) is 6.53. The van der Waals surface area contributed by atoms with E-state index in [1.807, 2.05) is 11.8 Å². The van der Waals surface area contributed by atoms with E-state index in [-0.39, 0.29) is 27.8 Å². The molecule has 1 aliphatic rings. The lowest BCUT2D eigenvalue weighted by Gasteiger charge is -2.38. The van der Waals surface area contributed by atoms with E-state index in [1.165, 1.54) is 12.1 Å². The van der Waals surface area contributed by atoms with Crippen LogP contribution in [-0.2, 0) is 6.54 Å². The lowest BCUT2D eigenvalue weighted by atomic mass is 9.79. The van der Waals surface area contributed by atoms with Gasteiger partial charge in [-0.2, -0.15) is 0 Å². The van der Waals surface area contributed by atoms with Gasteiger partial charge in [-0.1, -0.05) is 6.92 Å². The minimum absolute atomic E-state index is 0.0887. The topological polar surface area (TPSA) is 53.1 Å². The normalized spacial score (nSPS) is 19.0. The van der Waals surface area contributed by atoms with Crippen LogP contribution in [0.15, 0.2) is 16.6 Å². The zero-order valence-corrected chi connectivity index (χ0v) is 12.9. The molecule has 0 amide bonds. The third-order valence-corrected chi connectivity index (χ3v) is 4.74. The van der Waals surface area contributed by atoms with Gasteiger partial charge in [0.15, 0.2) is 0 Å². The van der Waals surface area contributed by atoms with Gasteiger partial charge < -0.3 is 5.73 Å². The Morgan fingerprint density at radius 2 is 2.00 bits per heavy atom. The van der Waals surface area contributed by atoms with E-state index in [0.29, 0.717) is 13.1 Å². The molecular formula is C14H18BrF2N3. The highest BCUT2D eigenvalue weighted by Crippen LogP contribution is 2.32. The molecule has 0 spiro atoms. The fraction of sp³-hybridized carbons (Fsp3) is 0.500. The maximum absolute atomic E-state index is 13.9. The van der Waals surface area contributed by atoms with Crippen LogP contribution in [0, 0.1) is 22.5 Å². The second kappa shape index (κ2) is 5.77. The lowest BCUT2D eigenvalue weighted by molar-refractivity contribution is 0.153. The first-order chi connectivity index (χ1) is 9.33. The van der Waals surface area contributed by atoms with Gasteiger partial charge in [-0.05, 0) is 54.0 Å². The number of halogens is 3. The van der Waals surface area contributed by atoms with Crippen LogP contribution >= 0.6 is 15.9 Å². The smallest absolute Gasteiger partial charge is 0.144 e. The van der Waals surface area contributed by atoms with Gasteiger partial charge in [-0.25, -0.2) is 8.78 Å². The third kappa shape index (κ3) is 3.01. The summed E-state index contributed by atoms with van der Waals surface area (Å²) in [6.45, 7) is 3.57. The minimum atomic E-state index is -0.537. The Kier molecular flexibility index (Phi) is 4.44. The fourth-order valence-electron chi connectivity index (χ4n) is 2.41. The molecule has 0 bridgehead atoms. The highest BCUT2D eigenvalue weighted by atomic mass is 79.9. The fourth-order valence-corrected chi connectivity index (χ4v) is 2.78. The van der Waals surface area contributed by atoms with Crippen molar-refractivity contribution in [3.8, 4) is 0 Å². The van der Waals surface area contributed by atoms with Crippen molar-refractivity contribution in [2.24, 2.45) is 11.1 Å². The number of hydrogen-bond donors (Lipinski definition) is 2. The summed E-state index contributed by atoms with van der Waals surface area (Å²) in [4.78, 5) is 2.00. The zero-order valence-electron chi connectivity index (χ0n) is 11.3. The number of nitrogens with zero attached hydrogens (tertiary/aromatic N) is 1. The van der Waals surface area contributed by atoms with Gasteiger partial charge in [0.25, 0.3) is 0 Å². The second-order valence-corrected chi connectivity index (χ2v) is 6.43. The molecule has 1 saturated heterocycles. The Morgan fingerprint density at radius 1 is 1.40 bits per heavy atom. The number of benzene rings is 1. The first-order valence-corrected chi connectivity index (χ1v) is 7.32. The van der Waals surface area contributed by atoms with Gasteiger partial charge in [-0.3, -0.25) is 10.3 Å². The summed E-state index contributed by atoms with van der Waals surface area (Å²) in [6.07, 6.45) is 1.47. The predicted octanol–water partition coefficient (Wildman–Crippen LogP) is 3.27. The van der Waals surface area contributed by atoms with Crippen LogP contribution in [0.5, 0.6) is 0 Å². The predicted molar refractivity (Wildman–Crippen MR) is 78.6 cm³/mol. The monoisotopic (exact) mass is 345 g/mol. The molecule has 2 rings (SSSR count). The molecule has 110 valence electrons. The number of hydrogen-bond acceptors (Lipinski definition) is 2. The van der Waals surface area contributed by atoms with Crippen LogP contribution < -0.4 is 5.73 Å². The number of amidine groups is 1. The van der Waals surface area contributed by atoms with Crippen molar-refractivity contribution in [1.29, 1.82) is 5.41 Å². The van der Waals surface area contributed by atoms with Crippen molar-refractivity contribution in [3.05, 3.63) is 33.8 Å². The number of rotatable bonds is 3. The van der Waals surface area contributed by atoms with Gasteiger partial charge in [-0.15, -0.1) is 0 Å². The van der Waals surface area contributed by atoms with Crippen molar-refractivity contribution in [2.45, 2.75) is 26.3 Å². The molecule has 1 aliphatic heterocycles. The summed E-state index contributed by atoms with van der Waals surface area (Å²) in [6, 6.07) is 2.64. The first kappa shape index (κ1) is 15.4. The molecule has 0 aromatic heterocycles. The standard InChI is InChI=1S/C14H18BrF2N3/c1-14(13(18)19)4-6-20(7-5-14)8-9-11(16)3-2-10(15)12(9)17/h2-3H,4-8H2,1H3,(H3,18,19). The molecule has 0 unspecified atom stereocenters. The van der Waals surface area contributed by atoms with Crippen molar-refractivity contribution in [1.82, 2.24) is 4.90 Å². The summed E-state index contributed by atoms with van der Waals surface area (Å²) in [5, 5.41) is 7.60. The van der Waals surface area contributed by atoms with E-state index >= 15 is 0 Å². The summed E-state index contributed by atoms with van der Waals surface area (Å²) in [5.74, 6) is -0.868. The van der Waals surface area contributed by atoms with Crippen LogP contribution in [0.2, 0.25) is 0 Å². The number of piperidine rings is 1. The number of nitrogens with two attached hydrogens (primary N) is 1. The van der Waals surface area contributed by atoms with Crippen LogP contribution in [0.4, 0.5) is 8.78 Å². The van der Waals surface area contributed by atoms with Gasteiger partial charge in [0.2, 0.25) is 0 Å². The average Bonchev–Trinajstić information content (AvgIpc) is 2.41. The maximum Gasteiger partial charge on any atom is 0.144 e. The van der Waals surface area contributed by atoms with Crippen molar-refractivity contribution < 1.29 is 8.78 Å². The third-order valence-electron chi connectivity index (χ3n) is 4.13. The number of nitrogens with one attached hydrogen (secondary N) is 1. The number of likely N-dealkylation sites (tertiary alicyclic amines) is 1. The van der Waals surface area contributed by atoms with E-state index in [0.717, 1.165) is 12.8 Å². The lowest BCUT2D eigenvalue weighted by Crippen LogP contribution is -2.44. The molecule has 0 aliphatic carbocycles. The van der Waals surface area contributed by atoms with Gasteiger partial charge in [0.1, 0.15) is 11.6 Å². The molecule has 3 N–H and O–H groups in total. The Morgan fingerprint density at radius 3 is 2.55 bits per heavy atom. The summed E-state index contributed by atoms with van der Waals surface area (Å²) >= 11 is 3.08. The molecule has 6 heteroatoms. The Bertz CT molecular complexity index is 525. The Hall–Kier alpha value is -1.01. The molecule has 0 atom stereocenters. The molecular weight excluding hydrogens is 328 g/mol. The quantitative estimate of drug-likeness (QED) is 0.501.